The molecule has 0 aromatic rings. The number of rotatable bonds is 20. The lowest BCUT2D eigenvalue weighted by atomic mass is 9.89. The summed E-state index contributed by atoms with van der Waals surface area (Å²) in [7, 11) is 0. The summed E-state index contributed by atoms with van der Waals surface area (Å²) in [6.07, 6.45) is 11.7. The van der Waals surface area contributed by atoms with Gasteiger partial charge in [-0.05, 0) is 82.0 Å². The molecule has 0 aliphatic rings. The van der Waals surface area contributed by atoms with Crippen LogP contribution in [0.2, 0.25) is 0 Å². The summed E-state index contributed by atoms with van der Waals surface area (Å²) in [6.45, 7) is 29.4. The van der Waals surface area contributed by atoms with Gasteiger partial charge in [0.05, 0.1) is 13.2 Å². The molecule has 4 nitrogen and oxygen atoms in total. The minimum absolute atomic E-state index is 0.290. The molecule has 0 spiro atoms. The van der Waals surface area contributed by atoms with Crippen LogP contribution >= 0.6 is 0 Å². The predicted molar refractivity (Wildman–Crippen MR) is 159 cm³/mol. The first-order valence-corrected chi connectivity index (χ1v) is 15.3. The quantitative estimate of drug-likeness (QED) is 0.179. The van der Waals surface area contributed by atoms with Gasteiger partial charge in [0.25, 0.3) is 0 Å². The lowest BCUT2D eigenvalue weighted by molar-refractivity contribution is 0.189. The van der Waals surface area contributed by atoms with Crippen molar-refractivity contribution in [2.24, 2.45) is 23.7 Å². The molecule has 0 rings (SSSR count). The molecule has 1 unspecified atom stereocenters. The zero-order valence-electron chi connectivity index (χ0n) is 26.1. The third-order valence-corrected chi connectivity index (χ3v) is 6.59. The molecule has 1 atom stereocenters. The van der Waals surface area contributed by atoms with Gasteiger partial charge in [0.15, 0.2) is 0 Å². The van der Waals surface area contributed by atoms with Crippen LogP contribution in [0, 0.1) is 23.7 Å². The summed E-state index contributed by atoms with van der Waals surface area (Å²) in [6, 6.07) is 0. The van der Waals surface area contributed by atoms with Crippen molar-refractivity contribution in [1.29, 1.82) is 0 Å². The second-order valence-electron chi connectivity index (χ2n) is 11.4. The first-order chi connectivity index (χ1) is 16.6. The molecule has 0 aliphatic carbocycles. The third-order valence-electron chi connectivity index (χ3n) is 6.59. The van der Waals surface area contributed by atoms with Crippen LogP contribution in [0.4, 0.5) is 0 Å². The molecular formula is C31H70N2O2. The maximum atomic E-state index is 8.83. The fourth-order valence-corrected chi connectivity index (χ4v) is 4.23. The number of nitrogens with zero attached hydrogens (tertiary/aromatic N) is 2. The lowest BCUT2D eigenvalue weighted by Gasteiger charge is -2.21. The SMILES string of the molecule is CCCCC(CC)C(C)C.CCCN(CCO)CCC(C)C.CCCN(CCO)CCCC(C)C. The standard InChI is InChI=1S/C11H25NO.C10H23NO.C10H22/c1-4-7-12(9-10-13)8-5-6-11(2)3;1-4-6-11(8-9-12)7-5-10(2)3;1-5-7-8-10(6-2)9(3)4/h11,13H,4-10H2,1-3H3;10,12H,4-9H2,1-3H3;9-10H,5-8H2,1-4H3. The van der Waals surface area contributed by atoms with E-state index < -0.39 is 0 Å². The molecule has 0 aromatic carbocycles. The Labute approximate surface area is 223 Å². The number of hydrogen-bond acceptors (Lipinski definition) is 4. The summed E-state index contributed by atoms with van der Waals surface area (Å²) in [5, 5.41) is 17.6. The Morgan fingerprint density at radius 2 is 1.00 bits per heavy atom. The largest absolute Gasteiger partial charge is 0.395 e. The summed E-state index contributed by atoms with van der Waals surface area (Å²) in [4.78, 5) is 4.68. The molecule has 0 amide bonds. The average Bonchev–Trinajstić information content (AvgIpc) is 2.79. The Bertz CT molecular complexity index is 363. The van der Waals surface area contributed by atoms with Crippen LogP contribution in [-0.4, -0.2) is 72.5 Å². The molecule has 4 heteroatoms. The average molecular weight is 503 g/mol. The molecule has 0 fully saturated rings. The molecular weight excluding hydrogens is 432 g/mol. The van der Waals surface area contributed by atoms with Crippen molar-refractivity contribution in [1.82, 2.24) is 9.80 Å². The second-order valence-corrected chi connectivity index (χ2v) is 11.4. The fraction of sp³-hybridized carbons (Fsp3) is 1.00. The van der Waals surface area contributed by atoms with Gasteiger partial charge in [-0.3, -0.25) is 0 Å². The Kier molecular flexibility index (Phi) is 33.8. The van der Waals surface area contributed by atoms with Gasteiger partial charge in [-0.25, -0.2) is 0 Å². The molecule has 0 aliphatic heterocycles. The highest BCUT2D eigenvalue weighted by Crippen LogP contribution is 2.20. The highest BCUT2D eigenvalue weighted by atomic mass is 16.3. The number of unbranched alkanes of at least 4 members (excludes halogenated alkanes) is 1. The molecule has 0 saturated heterocycles. The van der Waals surface area contributed by atoms with Crippen molar-refractivity contribution >= 4 is 0 Å². The maximum Gasteiger partial charge on any atom is 0.0558 e. The van der Waals surface area contributed by atoms with Crippen molar-refractivity contribution in [3.8, 4) is 0 Å². The van der Waals surface area contributed by atoms with Crippen molar-refractivity contribution in [3.63, 3.8) is 0 Å². The topological polar surface area (TPSA) is 46.9 Å². The van der Waals surface area contributed by atoms with Crippen LogP contribution in [0.3, 0.4) is 0 Å². The van der Waals surface area contributed by atoms with Gasteiger partial charge in [-0.15, -0.1) is 0 Å². The van der Waals surface area contributed by atoms with Gasteiger partial charge >= 0.3 is 0 Å². The van der Waals surface area contributed by atoms with Gasteiger partial charge in [-0.1, -0.05) is 94.9 Å². The Hall–Kier alpha value is -0.160. The van der Waals surface area contributed by atoms with Crippen LogP contribution in [0.1, 0.15) is 127 Å². The Balaban J connectivity index is -0.000000443. The molecule has 0 heterocycles. The van der Waals surface area contributed by atoms with E-state index in [9.17, 15) is 0 Å². The monoisotopic (exact) mass is 503 g/mol. The van der Waals surface area contributed by atoms with Crippen LogP contribution < -0.4 is 0 Å². The van der Waals surface area contributed by atoms with Crippen LogP contribution in [0.5, 0.6) is 0 Å². The fourth-order valence-electron chi connectivity index (χ4n) is 4.23. The number of aliphatic hydroxyl groups excluding tert-OH is 2. The van der Waals surface area contributed by atoms with E-state index in [-0.39, 0.29) is 6.61 Å². The molecule has 0 aromatic heterocycles. The van der Waals surface area contributed by atoms with E-state index in [1.54, 1.807) is 0 Å². The smallest absolute Gasteiger partial charge is 0.0558 e. The summed E-state index contributed by atoms with van der Waals surface area (Å²) in [5.74, 6) is 3.43. The maximum absolute atomic E-state index is 8.83. The molecule has 2 N–H and O–H groups in total. The zero-order chi connectivity index (χ0) is 27.5. The van der Waals surface area contributed by atoms with Gasteiger partial charge in [0.1, 0.15) is 0 Å². The lowest BCUT2D eigenvalue weighted by Crippen LogP contribution is -2.29. The molecule has 35 heavy (non-hydrogen) atoms. The van der Waals surface area contributed by atoms with E-state index in [1.165, 1.54) is 57.8 Å². The van der Waals surface area contributed by atoms with E-state index >= 15 is 0 Å². The zero-order valence-corrected chi connectivity index (χ0v) is 26.1. The summed E-state index contributed by atoms with van der Waals surface area (Å²) >= 11 is 0. The van der Waals surface area contributed by atoms with E-state index in [0.717, 1.165) is 62.9 Å². The summed E-state index contributed by atoms with van der Waals surface area (Å²) in [5.41, 5.74) is 0. The third kappa shape index (κ3) is 31.8. The van der Waals surface area contributed by atoms with Crippen molar-refractivity contribution in [2.75, 3.05) is 52.5 Å². The van der Waals surface area contributed by atoms with Crippen molar-refractivity contribution in [3.05, 3.63) is 0 Å². The van der Waals surface area contributed by atoms with Crippen LogP contribution in [0.25, 0.3) is 0 Å². The minimum atomic E-state index is 0.290. The second kappa shape index (κ2) is 30.1. The van der Waals surface area contributed by atoms with Gasteiger partial charge in [0, 0.05) is 13.1 Å². The first-order valence-electron chi connectivity index (χ1n) is 15.3. The molecule has 0 saturated carbocycles. The Morgan fingerprint density at radius 1 is 0.514 bits per heavy atom. The molecule has 0 bridgehead atoms. The van der Waals surface area contributed by atoms with Crippen LogP contribution in [0.15, 0.2) is 0 Å². The van der Waals surface area contributed by atoms with Crippen molar-refractivity contribution < 1.29 is 10.2 Å². The van der Waals surface area contributed by atoms with Gasteiger partial charge in [0.2, 0.25) is 0 Å². The molecule has 0 radical (unpaired) electrons. The predicted octanol–water partition coefficient (Wildman–Crippen LogP) is 7.72. The van der Waals surface area contributed by atoms with Gasteiger partial charge < -0.3 is 20.0 Å². The summed E-state index contributed by atoms with van der Waals surface area (Å²) < 4.78 is 0. The first kappa shape index (κ1) is 39.4. The molecule has 216 valence electrons. The minimum Gasteiger partial charge on any atom is -0.395 e. The Morgan fingerprint density at radius 3 is 1.34 bits per heavy atom. The van der Waals surface area contributed by atoms with Crippen molar-refractivity contribution in [2.45, 2.75) is 127 Å². The highest BCUT2D eigenvalue weighted by molar-refractivity contribution is 4.61. The van der Waals surface area contributed by atoms with Gasteiger partial charge in [-0.2, -0.15) is 0 Å². The highest BCUT2D eigenvalue weighted by Gasteiger charge is 2.09. The number of hydrogen-bond donors (Lipinski definition) is 2. The van der Waals surface area contributed by atoms with E-state index in [1.807, 2.05) is 0 Å². The van der Waals surface area contributed by atoms with Crippen LogP contribution in [-0.2, 0) is 0 Å². The van der Waals surface area contributed by atoms with E-state index in [0.29, 0.717) is 6.61 Å². The van der Waals surface area contributed by atoms with E-state index in [4.69, 9.17) is 10.2 Å². The van der Waals surface area contributed by atoms with E-state index in [2.05, 4.69) is 79.0 Å². The number of aliphatic hydroxyl groups is 2. The normalized spacial score (nSPS) is 12.3.